The van der Waals surface area contributed by atoms with E-state index in [4.69, 9.17) is 9.52 Å². The van der Waals surface area contributed by atoms with Crippen molar-refractivity contribution >= 4 is 29.0 Å². The molecule has 2 heterocycles. The predicted octanol–water partition coefficient (Wildman–Crippen LogP) is 3.65. The van der Waals surface area contributed by atoms with Crippen molar-refractivity contribution in [2.24, 2.45) is 0 Å². The topological polar surface area (TPSA) is 99.9 Å². The van der Waals surface area contributed by atoms with Gasteiger partial charge in [0.1, 0.15) is 11.8 Å². The van der Waals surface area contributed by atoms with Crippen LogP contribution in [0.25, 0.3) is 0 Å². The number of Topliss-reactive ketones (excluding diaryl/α,β-unsaturated/α-hetero) is 1. The second-order valence-corrected chi connectivity index (χ2v) is 6.89. The molecule has 0 fully saturated rings. The zero-order valence-electron chi connectivity index (χ0n) is 15.2. The molecule has 2 N–H and O–H groups in total. The van der Waals surface area contributed by atoms with Gasteiger partial charge in [-0.25, -0.2) is 0 Å². The van der Waals surface area contributed by atoms with Gasteiger partial charge in [0.05, 0.1) is 24.1 Å². The molecule has 28 heavy (non-hydrogen) atoms. The summed E-state index contributed by atoms with van der Waals surface area (Å²) < 4.78 is 5.62. The number of carboxylic acid groups (broad SMARTS) is 1. The summed E-state index contributed by atoms with van der Waals surface area (Å²) in [5.74, 6) is -0.966. The van der Waals surface area contributed by atoms with E-state index < -0.39 is 12.0 Å². The quantitative estimate of drug-likeness (QED) is 0.840. The minimum atomic E-state index is -1.04. The number of amides is 1. The number of para-hydroxylation sites is 2. The van der Waals surface area contributed by atoms with E-state index in [2.05, 4.69) is 5.32 Å². The van der Waals surface area contributed by atoms with Crippen molar-refractivity contribution in [1.82, 2.24) is 0 Å². The van der Waals surface area contributed by atoms with Gasteiger partial charge in [0.15, 0.2) is 5.78 Å². The molecule has 144 valence electrons. The molecule has 0 unspecified atom stereocenters. The number of anilines is 2. The molecule has 7 heteroatoms. The van der Waals surface area contributed by atoms with Crippen LogP contribution in [0.3, 0.4) is 0 Å². The molecule has 4 rings (SSSR count). The second kappa shape index (κ2) is 7.34. The molecule has 2 aliphatic rings. The average Bonchev–Trinajstić information content (AvgIpc) is 3.15. The average molecular weight is 380 g/mol. The molecular weight excluding hydrogens is 360 g/mol. The number of nitrogens with zero attached hydrogens (tertiary/aromatic N) is 1. The van der Waals surface area contributed by atoms with Crippen molar-refractivity contribution in [3.63, 3.8) is 0 Å². The summed E-state index contributed by atoms with van der Waals surface area (Å²) >= 11 is 0. The van der Waals surface area contributed by atoms with Gasteiger partial charge in [0.2, 0.25) is 5.91 Å². The number of aliphatic carboxylic acids is 1. The zero-order chi connectivity index (χ0) is 19.7. The van der Waals surface area contributed by atoms with Crippen LogP contribution in [0, 0.1) is 0 Å². The number of furan rings is 1. The third-order valence-electron chi connectivity index (χ3n) is 5.07. The zero-order valence-corrected chi connectivity index (χ0v) is 15.2. The fourth-order valence-electron chi connectivity index (χ4n) is 3.86. The third kappa shape index (κ3) is 3.19. The molecular formula is C21H20N2O5. The summed E-state index contributed by atoms with van der Waals surface area (Å²) in [5, 5.41) is 12.4. The summed E-state index contributed by atoms with van der Waals surface area (Å²) in [6.45, 7) is 0. The van der Waals surface area contributed by atoms with Crippen LogP contribution in [0.5, 0.6) is 0 Å². The minimum Gasteiger partial charge on any atom is -0.481 e. The van der Waals surface area contributed by atoms with E-state index in [-0.39, 0.29) is 24.5 Å². The van der Waals surface area contributed by atoms with Gasteiger partial charge in [-0.1, -0.05) is 12.1 Å². The van der Waals surface area contributed by atoms with Gasteiger partial charge in [-0.15, -0.1) is 0 Å². The lowest BCUT2D eigenvalue weighted by Gasteiger charge is -2.32. The van der Waals surface area contributed by atoms with E-state index in [9.17, 15) is 14.4 Å². The summed E-state index contributed by atoms with van der Waals surface area (Å²) in [5.41, 5.74) is 2.61. The number of carbonyl (C=O) groups excluding carboxylic acids is 2. The smallest absolute Gasteiger partial charge is 0.303 e. The number of hydrogen-bond acceptors (Lipinski definition) is 5. The van der Waals surface area contributed by atoms with Gasteiger partial charge in [0, 0.05) is 24.1 Å². The maximum Gasteiger partial charge on any atom is 0.303 e. The highest BCUT2D eigenvalue weighted by Gasteiger charge is 2.40. The first kappa shape index (κ1) is 18.0. The second-order valence-electron chi connectivity index (χ2n) is 6.89. The van der Waals surface area contributed by atoms with Crippen LogP contribution >= 0.6 is 0 Å². The number of fused-ring (bicyclic) bond motifs is 1. The molecule has 0 saturated carbocycles. The lowest BCUT2D eigenvalue weighted by Crippen LogP contribution is -2.38. The summed E-state index contributed by atoms with van der Waals surface area (Å²) in [6.07, 6.45) is 2.90. The lowest BCUT2D eigenvalue weighted by atomic mass is 9.88. The van der Waals surface area contributed by atoms with E-state index in [1.54, 1.807) is 18.2 Å². The van der Waals surface area contributed by atoms with Crippen LogP contribution in [0.4, 0.5) is 11.4 Å². The van der Waals surface area contributed by atoms with Crippen LogP contribution in [0.1, 0.15) is 43.9 Å². The van der Waals surface area contributed by atoms with Crippen molar-refractivity contribution in [1.29, 1.82) is 0 Å². The first-order valence-electron chi connectivity index (χ1n) is 9.26. The number of rotatable bonds is 4. The highest BCUT2D eigenvalue weighted by atomic mass is 16.4. The minimum absolute atomic E-state index is 0.0287. The molecule has 1 atom stereocenters. The van der Waals surface area contributed by atoms with E-state index in [0.29, 0.717) is 35.5 Å². The van der Waals surface area contributed by atoms with E-state index in [1.165, 1.54) is 11.2 Å². The van der Waals surface area contributed by atoms with Crippen molar-refractivity contribution in [2.45, 2.75) is 38.1 Å². The van der Waals surface area contributed by atoms with Crippen LogP contribution in [-0.4, -0.2) is 22.8 Å². The predicted molar refractivity (Wildman–Crippen MR) is 102 cm³/mol. The van der Waals surface area contributed by atoms with E-state index >= 15 is 0 Å². The SMILES string of the molecule is O=C(O)CCC(=O)N1c2ccccc2NC2=C(C(=O)CCC2)[C@H]1c1ccco1. The van der Waals surface area contributed by atoms with E-state index in [1.807, 2.05) is 18.2 Å². The fraction of sp³-hybridized carbons (Fsp3) is 0.286. The van der Waals surface area contributed by atoms with Crippen LogP contribution in [0.2, 0.25) is 0 Å². The molecule has 7 nitrogen and oxygen atoms in total. The van der Waals surface area contributed by atoms with Gasteiger partial charge in [-0.3, -0.25) is 19.3 Å². The van der Waals surface area contributed by atoms with Crippen LogP contribution in [-0.2, 0) is 14.4 Å². The Balaban J connectivity index is 1.90. The Morgan fingerprint density at radius 2 is 1.96 bits per heavy atom. The first-order valence-corrected chi connectivity index (χ1v) is 9.26. The largest absolute Gasteiger partial charge is 0.481 e. The van der Waals surface area contributed by atoms with Gasteiger partial charge in [-0.05, 0) is 37.1 Å². The normalized spacial score (nSPS) is 18.8. The summed E-state index contributed by atoms with van der Waals surface area (Å²) in [7, 11) is 0. The molecule has 0 bridgehead atoms. The highest BCUT2D eigenvalue weighted by molar-refractivity contribution is 6.06. The van der Waals surface area contributed by atoms with Crippen molar-refractivity contribution < 1.29 is 23.9 Å². The van der Waals surface area contributed by atoms with Crippen LogP contribution < -0.4 is 10.2 Å². The Morgan fingerprint density at radius 1 is 1.14 bits per heavy atom. The number of nitrogens with one attached hydrogen (secondary N) is 1. The third-order valence-corrected chi connectivity index (χ3v) is 5.07. The summed E-state index contributed by atoms with van der Waals surface area (Å²) in [6, 6.07) is 10.0. The number of carboxylic acids is 1. The van der Waals surface area contributed by atoms with Crippen molar-refractivity contribution in [2.75, 3.05) is 10.2 Å². The first-order chi connectivity index (χ1) is 13.6. The number of allylic oxidation sites excluding steroid dienone is 1. The number of benzene rings is 1. The fourth-order valence-corrected chi connectivity index (χ4v) is 3.86. The Labute approximate surface area is 161 Å². The van der Waals surface area contributed by atoms with Crippen molar-refractivity contribution in [3.8, 4) is 0 Å². The molecule has 1 aliphatic heterocycles. The molecule has 1 aromatic heterocycles. The maximum atomic E-state index is 13.2. The lowest BCUT2D eigenvalue weighted by molar-refractivity contribution is -0.138. The molecule has 2 aromatic rings. The highest BCUT2D eigenvalue weighted by Crippen LogP contribution is 2.45. The van der Waals surface area contributed by atoms with E-state index in [0.717, 1.165) is 12.1 Å². The Bertz CT molecular complexity index is 961. The summed E-state index contributed by atoms with van der Waals surface area (Å²) in [4.78, 5) is 38.6. The maximum absolute atomic E-state index is 13.2. The molecule has 0 saturated heterocycles. The van der Waals surface area contributed by atoms with Gasteiger partial charge in [-0.2, -0.15) is 0 Å². The number of carbonyl (C=O) groups is 3. The molecule has 1 aromatic carbocycles. The van der Waals surface area contributed by atoms with Crippen molar-refractivity contribution in [3.05, 3.63) is 59.7 Å². The molecule has 0 spiro atoms. The number of hydrogen-bond donors (Lipinski definition) is 2. The standard InChI is InChI=1S/C21H20N2O5/c24-16-8-3-6-14-20(16)21(17-9-4-12-28-17)23(18(25)10-11-19(26)27)15-7-2-1-5-13(15)22-14/h1-2,4-5,7,9,12,21-22H,3,6,8,10-11H2,(H,26,27)/t21-/m1/s1. The number of ketones is 1. The molecule has 0 radical (unpaired) electrons. The van der Waals surface area contributed by atoms with Gasteiger partial charge in [0.25, 0.3) is 0 Å². The Kier molecular flexibility index (Phi) is 4.73. The van der Waals surface area contributed by atoms with Crippen LogP contribution in [0.15, 0.2) is 58.3 Å². The Morgan fingerprint density at radius 3 is 2.71 bits per heavy atom. The Hall–Kier alpha value is -3.35. The van der Waals surface area contributed by atoms with Gasteiger partial charge < -0.3 is 14.8 Å². The molecule has 1 amide bonds. The van der Waals surface area contributed by atoms with Gasteiger partial charge >= 0.3 is 5.97 Å². The monoisotopic (exact) mass is 380 g/mol. The molecule has 1 aliphatic carbocycles.